The highest BCUT2D eigenvalue weighted by Crippen LogP contribution is 2.27. The molecule has 1 aromatic carbocycles. The molecule has 2 heterocycles. The Hall–Kier alpha value is -2.35. The molecule has 0 saturated carbocycles. The summed E-state index contributed by atoms with van der Waals surface area (Å²) in [5.74, 6) is 0.242. The van der Waals surface area contributed by atoms with E-state index in [1.165, 1.54) is 12.1 Å². The van der Waals surface area contributed by atoms with E-state index in [2.05, 4.69) is 4.98 Å². The van der Waals surface area contributed by atoms with Crippen LogP contribution >= 0.6 is 0 Å². The molecule has 122 valence electrons. The zero-order valence-electron chi connectivity index (χ0n) is 12.5. The molecule has 7 nitrogen and oxygen atoms in total. The van der Waals surface area contributed by atoms with E-state index in [1.54, 1.807) is 6.07 Å². The number of benzene rings is 1. The summed E-state index contributed by atoms with van der Waals surface area (Å²) in [6.07, 6.45) is 3.24. The van der Waals surface area contributed by atoms with E-state index in [4.69, 9.17) is 9.15 Å². The van der Waals surface area contributed by atoms with Crippen molar-refractivity contribution >= 4 is 15.9 Å². The molecule has 1 aromatic heterocycles. The van der Waals surface area contributed by atoms with E-state index >= 15 is 0 Å². The van der Waals surface area contributed by atoms with Gasteiger partial charge in [0.1, 0.15) is 12.0 Å². The van der Waals surface area contributed by atoms with Gasteiger partial charge in [0.2, 0.25) is 0 Å². The Morgan fingerprint density at radius 2 is 2.22 bits per heavy atom. The number of carbonyl (C=O) groups excluding carboxylic acids is 1. The molecular weight excluding hydrogens is 320 g/mol. The summed E-state index contributed by atoms with van der Waals surface area (Å²) in [6, 6.07) is 4.56. The van der Waals surface area contributed by atoms with Gasteiger partial charge in [-0.2, -0.15) is 0 Å². The Kier molecular flexibility index (Phi) is 4.08. The predicted octanol–water partition coefficient (Wildman–Crippen LogP) is 1.68. The summed E-state index contributed by atoms with van der Waals surface area (Å²) in [5, 5.41) is 0. The highest BCUT2D eigenvalue weighted by molar-refractivity contribution is 7.90. The summed E-state index contributed by atoms with van der Waals surface area (Å²) < 4.78 is 37.2. The molecule has 2 aromatic rings. The number of carbonyl (C=O) groups is 1. The number of hydrogen-bond donors (Lipinski definition) is 1. The van der Waals surface area contributed by atoms with Gasteiger partial charge in [0.05, 0.1) is 11.5 Å². The second-order valence-corrected chi connectivity index (χ2v) is 6.82. The second-order valence-electron chi connectivity index (χ2n) is 5.14. The molecule has 0 unspecified atom stereocenters. The lowest BCUT2D eigenvalue weighted by atomic mass is 10.1. The minimum absolute atomic E-state index is 0.0225. The number of ether oxygens (including phenoxy) is 1. The van der Waals surface area contributed by atoms with Crippen LogP contribution in [0, 0.1) is 0 Å². The Morgan fingerprint density at radius 3 is 2.96 bits per heavy atom. The Morgan fingerprint density at radius 1 is 1.39 bits per heavy atom. The van der Waals surface area contributed by atoms with Gasteiger partial charge in [-0.1, -0.05) is 6.92 Å². The van der Waals surface area contributed by atoms with E-state index in [-0.39, 0.29) is 10.6 Å². The van der Waals surface area contributed by atoms with Crippen LogP contribution < -0.4 is 9.46 Å². The fourth-order valence-corrected chi connectivity index (χ4v) is 3.33. The third kappa shape index (κ3) is 3.21. The van der Waals surface area contributed by atoms with Gasteiger partial charge >= 0.3 is 0 Å². The average Bonchev–Trinajstić information content (AvgIpc) is 3.03. The fraction of sp³-hybridized carbons (Fsp3) is 0.333. The Labute approximate surface area is 133 Å². The quantitative estimate of drug-likeness (QED) is 0.912. The third-order valence-corrected chi connectivity index (χ3v) is 4.83. The van der Waals surface area contributed by atoms with Gasteiger partial charge in [-0.25, -0.2) is 18.1 Å². The van der Waals surface area contributed by atoms with Crippen molar-refractivity contribution in [1.82, 2.24) is 9.71 Å². The molecule has 8 heteroatoms. The first kappa shape index (κ1) is 15.5. The lowest BCUT2D eigenvalue weighted by Gasteiger charge is -2.17. The molecule has 0 spiro atoms. The van der Waals surface area contributed by atoms with Crippen molar-refractivity contribution in [2.24, 2.45) is 0 Å². The average molecular weight is 336 g/mol. The number of aryl methyl sites for hydroxylation is 2. The van der Waals surface area contributed by atoms with Crippen molar-refractivity contribution in [2.75, 3.05) is 6.61 Å². The van der Waals surface area contributed by atoms with E-state index in [9.17, 15) is 13.2 Å². The Balaban J connectivity index is 1.82. The third-order valence-electron chi connectivity index (χ3n) is 3.50. The second kappa shape index (κ2) is 6.04. The van der Waals surface area contributed by atoms with Crippen LogP contribution in [-0.2, 0) is 22.9 Å². The predicted molar refractivity (Wildman–Crippen MR) is 80.8 cm³/mol. The SMILES string of the molecule is CCc1nc(C(=O)NS(=O)(=O)c2ccc3c(c2)CCCO3)co1. The van der Waals surface area contributed by atoms with Gasteiger partial charge < -0.3 is 9.15 Å². The van der Waals surface area contributed by atoms with Gasteiger partial charge in [-0.05, 0) is 36.6 Å². The molecule has 1 N–H and O–H groups in total. The molecule has 3 rings (SSSR count). The number of oxazole rings is 1. The number of amides is 1. The first-order valence-corrected chi connectivity index (χ1v) is 8.75. The molecule has 0 saturated heterocycles. The van der Waals surface area contributed by atoms with Crippen LogP contribution in [-0.4, -0.2) is 25.9 Å². The van der Waals surface area contributed by atoms with Gasteiger partial charge in [-0.3, -0.25) is 4.79 Å². The number of fused-ring (bicyclic) bond motifs is 1. The normalized spacial score (nSPS) is 14.0. The van der Waals surface area contributed by atoms with Crippen LogP contribution in [0.4, 0.5) is 0 Å². The summed E-state index contributed by atoms with van der Waals surface area (Å²) in [7, 11) is -3.98. The maximum Gasteiger partial charge on any atom is 0.286 e. The number of aromatic nitrogens is 1. The molecule has 0 atom stereocenters. The van der Waals surface area contributed by atoms with E-state index in [0.29, 0.717) is 24.7 Å². The highest BCUT2D eigenvalue weighted by atomic mass is 32.2. The maximum absolute atomic E-state index is 12.3. The lowest BCUT2D eigenvalue weighted by molar-refractivity contribution is 0.0976. The zero-order chi connectivity index (χ0) is 16.4. The van der Waals surface area contributed by atoms with Crippen molar-refractivity contribution < 1.29 is 22.4 Å². The summed E-state index contributed by atoms with van der Waals surface area (Å²) >= 11 is 0. The van der Waals surface area contributed by atoms with Crippen LogP contribution in [0.1, 0.15) is 35.3 Å². The molecular formula is C15H16N2O5S. The van der Waals surface area contributed by atoms with Gasteiger partial charge in [0, 0.05) is 6.42 Å². The standard InChI is InChI=1S/C15H16N2O5S/c1-2-14-16-12(9-22-14)15(18)17-23(19,20)11-5-6-13-10(8-11)4-3-7-21-13/h5-6,8-9H,2-4,7H2,1H3,(H,17,18). The molecule has 0 fully saturated rings. The fourth-order valence-electron chi connectivity index (χ4n) is 2.31. The summed E-state index contributed by atoms with van der Waals surface area (Å²) in [6.45, 7) is 2.45. The minimum atomic E-state index is -3.98. The van der Waals surface area contributed by atoms with Gasteiger partial charge in [-0.15, -0.1) is 0 Å². The molecule has 0 bridgehead atoms. The first-order chi connectivity index (χ1) is 11.0. The van der Waals surface area contributed by atoms with Crippen molar-refractivity contribution in [2.45, 2.75) is 31.1 Å². The molecule has 0 radical (unpaired) electrons. The van der Waals surface area contributed by atoms with Crippen LogP contribution in [0.5, 0.6) is 5.75 Å². The number of nitrogens with zero attached hydrogens (tertiary/aromatic N) is 1. The number of nitrogens with one attached hydrogen (secondary N) is 1. The van der Waals surface area contributed by atoms with Crippen molar-refractivity contribution in [3.8, 4) is 5.75 Å². The number of rotatable bonds is 4. The van der Waals surface area contributed by atoms with Crippen LogP contribution in [0.15, 0.2) is 33.8 Å². The van der Waals surface area contributed by atoms with Crippen molar-refractivity contribution in [1.29, 1.82) is 0 Å². The molecule has 1 amide bonds. The zero-order valence-corrected chi connectivity index (χ0v) is 13.4. The minimum Gasteiger partial charge on any atom is -0.493 e. The van der Waals surface area contributed by atoms with Gasteiger partial charge in [0.25, 0.3) is 15.9 Å². The monoisotopic (exact) mass is 336 g/mol. The van der Waals surface area contributed by atoms with Gasteiger partial charge in [0.15, 0.2) is 11.6 Å². The van der Waals surface area contributed by atoms with Crippen LogP contribution in [0.3, 0.4) is 0 Å². The molecule has 1 aliphatic rings. The maximum atomic E-state index is 12.3. The van der Waals surface area contributed by atoms with Crippen LogP contribution in [0.2, 0.25) is 0 Å². The largest absolute Gasteiger partial charge is 0.493 e. The van der Waals surface area contributed by atoms with Crippen LogP contribution in [0.25, 0.3) is 0 Å². The lowest BCUT2D eigenvalue weighted by Crippen LogP contribution is -2.31. The number of sulfonamides is 1. The summed E-state index contributed by atoms with van der Waals surface area (Å²) in [4.78, 5) is 16.0. The van der Waals surface area contributed by atoms with Crippen molar-refractivity contribution in [3.63, 3.8) is 0 Å². The Bertz CT molecular complexity index is 841. The van der Waals surface area contributed by atoms with Crippen molar-refractivity contribution in [3.05, 3.63) is 41.6 Å². The molecule has 1 aliphatic heterocycles. The summed E-state index contributed by atoms with van der Waals surface area (Å²) in [5.41, 5.74) is 0.757. The molecule has 0 aliphatic carbocycles. The highest BCUT2D eigenvalue weighted by Gasteiger charge is 2.23. The smallest absolute Gasteiger partial charge is 0.286 e. The van der Waals surface area contributed by atoms with E-state index in [1.807, 2.05) is 11.6 Å². The first-order valence-electron chi connectivity index (χ1n) is 7.27. The van der Waals surface area contributed by atoms with E-state index in [0.717, 1.165) is 24.7 Å². The number of hydrogen-bond acceptors (Lipinski definition) is 6. The van der Waals surface area contributed by atoms with E-state index < -0.39 is 15.9 Å². The molecule has 23 heavy (non-hydrogen) atoms. The topological polar surface area (TPSA) is 98.5 Å².